The molecule has 72 heavy (non-hydrogen) atoms. The van der Waals surface area contributed by atoms with Crippen molar-refractivity contribution in [3.63, 3.8) is 0 Å². The molecule has 5 aliphatic rings. The maximum atomic E-state index is 14.3. The molecular weight excluding hydrogens is 913 g/mol. The number of Topliss-reactive ketones (excluding diaryl/α,β-unsaturated/α-hetero) is 3. The van der Waals surface area contributed by atoms with E-state index in [1.165, 1.54) is 5.56 Å². The van der Waals surface area contributed by atoms with Crippen molar-refractivity contribution >= 4 is 42.4 Å². The van der Waals surface area contributed by atoms with E-state index in [1.54, 1.807) is 39.8 Å². The van der Waals surface area contributed by atoms with E-state index in [2.05, 4.69) is 67.9 Å². The van der Waals surface area contributed by atoms with Crippen LogP contribution in [-0.4, -0.2) is 105 Å². The van der Waals surface area contributed by atoms with E-state index in [9.17, 15) is 28.8 Å². The van der Waals surface area contributed by atoms with Crippen LogP contribution in [0.25, 0.3) is 11.1 Å². The van der Waals surface area contributed by atoms with Crippen molar-refractivity contribution in [2.75, 3.05) is 33.0 Å². The average molecular weight is 998 g/mol. The summed E-state index contributed by atoms with van der Waals surface area (Å²) in [5.74, 6) is -2.60. The Labute approximate surface area is 429 Å². The van der Waals surface area contributed by atoms with Gasteiger partial charge in [0.15, 0.2) is 17.3 Å². The first-order valence-corrected chi connectivity index (χ1v) is 27.0. The van der Waals surface area contributed by atoms with Crippen LogP contribution in [0.1, 0.15) is 162 Å². The first-order valence-electron chi connectivity index (χ1n) is 27.0. The summed E-state index contributed by atoms with van der Waals surface area (Å²) in [5.41, 5.74) is 2.92. The molecule has 2 bridgehead atoms. The van der Waals surface area contributed by atoms with Gasteiger partial charge in [-0.15, -0.1) is 0 Å². The van der Waals surface area contributed by atoms with Crippen molar-refractivity contribution in [3.8, 4) is 11.1 Å². The van der Waals surface area contributed by atoms with E-state index >= 15 is 0 Å². The fourth-order valence-corrected chi connectivity index (χ4v) is 11.1. The van der Waals surface area contributed by atoms with Crippen LogP contribution in [0.3, 0.4) is 0 Å². The molecule has 2 aromatic carbocycles. The molecule has 3 N–H and O–H groups in total. The quantitative estimate of drug-likeness (QED) is 0.0734. The highest BCUT2D eigenvalue weighted by atomic mass is 16.7. The summed E-state index contributed by atoms with van der Waals surface area (Å²) in [6, 6.07) is 13.9. The lowest BCUT2D eigenvalue weighted by Crippen LogP contribution is -2.65. The van der Waals surface area contributed by atoms with Gasteiger partial charge in [-0.25, -0.2) is 4.79 Å². The van der Waals surface area contributed by atoms with Gasteiger partial charge in [-0.05, 0) is 125 Å². The lowest BCUT2D eigenvalue weighted by atomic mass is 9.43. The van der Waals surface area contributed by atoms with Gasteiger partial charge in [0.25, 0.3) is 0 Å². The van der Waals surface area contributed by atoms with Crippen LogP contribution < -0.4 is 16.0 Å². The summed E-state index contributed by atoms with van der Waals surface area (Å²) in [7, 11) is -0.530. The number of carbonyl (C=O) groups excluding carboxylic acids is 6. The summed E-state index contributed by atoms with van der Waals surface area (Å²) in [5, 5.41) is 8.60. The number of aryl methyl sites for hydroxylation is 1. The molecule has 396 valence electrons. The molecule has 7 rings (SSSR count). The van der Waals surface area contributed by atoms with Gasteiger partial charge in [-0.2, -0.15) is 0 Å². The summed E-state index contributed by atoms with van der Waals surface area (Å²) < 4.78 is 30.4. The number of hydrogen-bond acceptors (Lipinski definition) is 11. The van der Waals surface area contributed by atoms with Crippen molar-refractivity contribution in [1.29, 1.82) is 0 Å². The zero-order chi connectivity index (χ0) is 52.2. The third-order valence-corrected chi connectivity index (χ3v) is 15.7. The van der Waals surface area contributed by atoms with E-state index in [4.69, 9.17) is 23.5 Å². The molecule has 3 amide bonds. The lowest BCUT2D eigenvalue weighted by molar-refractivity contribution is -0.199. The monoisotopic (exact) mass is 998 g/mol. The SMILES string of the molecule is CCCCc1ccc(-c2ccc(C(=O)C[C@@H](CCCCNC(=O)OC(C)(C)C)C(=O)N[C@H]3COCCCCOCC[C@@H](C(=O)C[C@@H](C)B4O[C@@H]5C[C@@H]6C[C@@H](C6(C)C)[C@]5(C)O4)NC(=O)[C@H](C)CC3=O)cc2)cc1. The molecule has 2 aromatic rings. The minimum atomic E-state index is -1.09. The molecule has 2 aliphatic heterocycles. The molecule has 0 aromatic heterocycles. The minimum Gasteiger partial charge on any atom is -0.444 e. The number of benzene rings is 2. The van der Waals surface area contributed by atoms with Gasteiger partial charge in [0.1, 0.15) is 11.6 Å². The van der Waals surface area contributed by atoms with Crippen LogP contribution in [0.4, 0.5) is 4.79 Å². The van der Waals surface area contributed by atoms with Crippen molar-refractivity contribution in [2.45, 2.75) is 187 Å². The van der Waals surface area contributed by atoms with Gasteiger partial charge in [0, 0.05) is 63.0 Å². The normalized spacial score (nSPS) is 26.8. The van der Waals surface area contributed by atoms with Gasteiger partial charge >= 0.3 is 13.2 Å². The predicted octanol–water partition coefficient (Wildman–Crippen LogP) is 9.44. The molecule has 0 unspecified atom stereocenters. The second kappa shape index (κ2) is 25.7. The average Bonchev–Trinajstić information content (AvgIpc) is 3.70. The Morgan fingerprint density at radius 2 is 1.57 bits per heavy atom. The molecule has 0 spiro atoms. The van der Waals surface area contributed by atoms with E-state index in [0.717, 1.165) is 43.2 Å². The van der Waals surface area contributed by atoms with Crippen LogP contribution in [0.2, 0.25) is 5.82 Å². The Morgan fingerprint density at radius 3 is 2.24 bits per heavy atom. The second-order valence-corrected chi connectivity index (χ2v) is 23.0. The molecule has 2 saturated heterocycles. The molecule has 5 fully saturated rings. The van der Waals surface area contributed by atoms with Crippen LogP contribution in [0, 0.1) is 29.1 Å². The highest BCUT2D eigenvalue weighted by molar-refractivity contribution is 6.47. The number of ether oxygens (including phenoxy) is 3. The Hall–Kier alpha value is -4.44. The molecule has 0 radical (unpaired) electrons. The highest BCUT2D eigenvalue weighted by Crippen LogP contribution is 2.66. The van der Waals surface area contributed by atoms with Gasteiger partial charge < -0.3 is 39.5 Å². The van der Waals surface area contributed by atoms with Crippen molar-refractivity contribution in [3.05, 3.63) is 59.7 Å². The van der Waals surface area contributed by atoms with E-state index < -0.39 is 65.9 Å². The zero-order valence-corrected chi connectivity index (χ0v) is 44.7. The Bertz CT molecular complexity index is 2160. The van der Waals surface area contributed by atoms with Crippen molar-refractivity contribution in [1.82, 2.24) is 16.0 Å². The topological polar surface area (TPSA) is 185 Å². The van der Waals surface area contributed by atoms with Crippen LogP contribution >= 0.6 is 0 Å². The summed E-state index contributed by atoms with van der Waals surface area (Å²) in [4.78, 5) is 82.6. The van der Waals surface area contributed by atoms with E-state index in [0.29, 0.717) is 69.3 Å². The van der Waals surface area contributed by atoms with E-state index in [1.807, 2.05) is 19.1 Å². The Morgan fingerprint density at radius 1 is 0.889 bits per heavy atom. The first-order chi connectivity index (χ1) is 34.2. The summed E-state index contributed by atoms with van der Waals surface area (Å²) in [6.45, 7) is 19.1. The Balaban J connectivity index is 1.09. The standard InChI is InChI=1S/C57H84BN3O11/c1-10-11-16-39-18-20-40(21-19-39)41-22-24-42(25-23-41)47(62)33-43(17-12-13-27-59-54(67)70-55(4,5)6)53(66)61-46-36-69-29-15-14-28-68-30-26-45(60-52(65)37(2)31-48(46)63)49(64)32-38(3)58-71-51-35-44-34-50(56(44,7)8)57(51,9)72-58/h18-25,37-38,43-46,50-51H,10-17,26-36H2,1-9H3,(H,59,67)(H,60,65)(H,61,66)/t37-,38-,43-,44+,45+,46+,50+,51-,57+/m1/s1. The smallest absolute Gasteiger partial charge is 0.444 e. The molecule has 15 heteroatoms. The number of unbranched alkanes of at least 4 members (excludes halogenated alkanes) is 2. The number of hydrogen-bond donors (Lipinski definition) is 3. The van der Waals surface area contributed by atoms with Crippen LogP contribution in [0.5, 0.6) is 0 Å². The second-order valence-electron chi connectivity index (χ2n) is 23.0. The zero-order valence-electron chi connectivity index (χ0n) is 44.7. The third kappa shape index (κ3) is 15.3. The van der Waals surface area contributed by atoms with Gasteiger partial charge in [0.05, 0.1) is 24.4 Å². The fraction of sp³-hybridized carbons (Fsp3) is 0.684. The number of ketones is 3. The maximum absolute atomic E-state index is 14.3. The number of alkyl carbamates (subject to hydrolysis) is 1. The van der Waals surface area contributed by atoms with Crippen LogP contribution in [0.15, 0.2) is 48.5 Å². The molecule has 14 nitrogen and oxygen atoms in total. The number of carbonyl (C=O) groups is 6. The largest absolute Gasteiger partial charge is 0.461 e. The highest BCUT2D eigenvalue weighted by Gasteiger charge is 2.68. The summed E-state index contributed by atoms with van der Waals surface area (Å²) >= 11 is 0. The molecule has 3 saturated carbocycles. The minimum absolute atomic E-state index is 0.00864. The summed E-state index contributed by atoms with van der Waals surface area (Å²) in [6.07, 6.45) is 7.54. The third-order valence-electron chi connectivity index (χ3n) is 15.7. The number of rotatable bonds is 18. The van der Waals surface area contributed by atoms with Gasteiger partial charge in [-0.1, -0.05) is 96.0 Å². The van der Waals surface area contributed by atoms with Gasteiger partial charge in [0.2, 0.25) is 11.8 Å². The fourth-order valence-electron chi connectivity index (χ4n) is 11.1. The first kappa shape index (κ1) is 56.9. The maximum Gasteiger partial charge on any atom is 0.461 e. The number of nitrogens with one attached hydrogen (secondary N) is 3. The van der Waals surface area contributed by atoms with Crippen LogP contribution in [-0.2, 0) is 49.1 Å². The predicted molar refractivity (Wildman–Crippen MR) is 278 cm³/mol. The molecular formula is C57H84BN3O11. The van der Waals surface area contributed by atoms with Crippen molar-refractivity contribution in [2.24, 2.45) is 29.1 Å². The molecule has 9 atom stereocenters. The van der Waals surface area contributed by atoms with Gasteiger partial charge in [-0.3, -0.25) is 24.0 Å². The molecule has 3 aliphatic carbocycles. The van der Waals surface area contributed by atoms with Crippen molar-refractivity contribution < 1.29 is 52.3 Å². The lowest BCUT2D eigenvalue weighted by Gasteiger charge is -2.64. The van der Waals surface area contributed by atoms with E-state index in [-0.39, 0.29) is 67.8 Å². The Kier molecular flexibility index (Phi) is 20.3. The molecule has 2 heterocycles. The number of amides is 3.